The Bertz CT molecular complexity index is 2340. The molecule has 0 saturated carbocycles. The molecule has 1 amide bonds. The second-order valence-corrected chi connectivity index (χ2v) is 21.5. The lowest BCUT2D eigenvalue weighted by atomic mass is 9.97. The smallest absolute Gasteiger partial charge is 0.331 e. The van der Waals surface area contributed by atoms with Gasteiger partial charge in [0.25, 0.3) is 5.91 Å². The summed E-state index contributed by atoms with van der Waals surface area (Å²) < 4.78 is 50.3. The van der Waals surface area contributed by atoms with Gasteiger partial charge in [-0.2, -0.15) is 9.97 Å². The second kappa shape index (κ2) is 24.0. The largest absolute Gasteiger partial charge is 0.428 e. The van der Waals surface area contributed by atoms with Crippen LogP contribution in [-0.4, -0.2) is 115 Å². The molecule has 0 aliphatic carbocycles. The van der Waals surface area contributed by atoms with Crippen molar-refractivity contribution in [1.29, 1.82) is 0 Å². The Morgan fingerprint density at radius 3 is 1.78 bits per heavy atom. The van der Waals surface area contributed by atoms with E-state index in [4.69, 9.17) is 44.4 Å². The molecule has 0 aliphatic heterocycles. The number of carbonyl (C=O) groups excluding carboxylic acids is 7. The van der Waals surface area contributed by atoms with Crippen molar-refractivity contribution in [3.8, 4) is 0 Å². The molecule has 0 saturated heterocycles. The van der Waals surface area contributed by atoms with Gasteiger partial charge in [-0.3, -0.25) is 33.3 Å². The minimum atomic E-state index is -3.95. The predicted molar refractivity (Wildman–Crippen MR) is 245 cm³/mol. The predicted octanol–water partition coefficient (Wildman–Crippen LogP) is 4.30. The van der Waals surface area contributed by atoms with Gasteiger partial charge in [0.05, 0.1) is 40.6 Å². The maximum absolute atomic E-state index is 14.4. The first-order valence-electron chi connectivity index (χ1n) is 21.3. The molecule has 68 heavy (non-hydrogen) atoms. The molecule has 1 aromatic carbocycles. The molecule has 3 atom stereocenters. The number of fused-ring (bicyclic) bond motifs is 1. The molecule has 2 aromatic heterocycles. The number of ether oxygens (including phenoxy) is 6. The van der Waals surface area contributed by atoms with Crippen molar-refractivity contribution >= 4 is 77.7 Å². The number of nitrogen functional groups attached to an aromatic ring is 2. The van der Waals surface area contributed by atoms with Gasteiger partial charge in [0.15, 0.2) is 17.0 Å². The first kappa shape index (κ1) is 55.8. The van der Waals surface area contributed by atoms with Crippen LogP contribution < -0.4 is 21.7 Å². The zero-order chi connectivity index (χ0) is 51.2. The standard InChI is InChI=1S/C44H63N8O15P/c1-42(2,3)38(57)65-23-62-31(53)17-14-27(36(55)63-24-66-39(58)43(4,5)6)22-68(60,61-11)19-18-30(37(56)64-25-67-40(59)44(7,8)9)49-35(54)26-12-15-29(16-13-26)52(10)21-28-20-47-34-32(48-28)33(45)50-41(46)51-34/h12-13,15-16,20,27,30H,14,17-19,21-25H2,1-11H3,(H,49,54)(H4,45,46,47,50,51)/t27?,30-,68?/m0/s1. The summed E-state index contributed by atoms with van der Waals surface area (Å²) in [5.74, 6) is -6.86. The molecule has 0 bridgehead atoms. The molecule has 2 heterocycles. The van der Waals surface area contributed by atoms with Crippen molar-refractivity contribution in [2.75, 3.05) is 63.2 Å². The summed E-state index contributed by atoms with van der Waals surface area (Å²) >= 11 is 0. The maximum atomic E-state index is 14.4. The Balaban J connectivity index is 1.80. The highest BCUT2D eigenvalue weighted by Gasteiger charge is 2.36. The summed E-state index contributed by atoms with van der Waals surface area (Å²) in [6, 6.07) is 4.82. The van der Waals surface area contributed by atoms with Crippen LogP contribution in [0.25, 0.3) is 11.2 Å². The molecule has 3 aromatic rings. The summed E-state index contributed by atoms with van der Waals surface area (Å²) in [4.78, 5) is 109. The number of anilines is 3. The van der Waals surface area contributed by atoms with Crippen molar-refractivity contribution < 1.29 is 71.1 Å². The summed E-state index contributed by atoms with van der Waals surface area (Å²) in [6.07, 6.45) is -0.532. The van der Waals surface area contributed by atoms with E-state index in [-0.39, 0.29) is 47.9 Å². The highest BCUT2D eigenvalue weighted by atomic mass is 31.2. The van der Waals surface area contributed by atoms with Crippen molar-refractivity contribution in [3.05, 3.63) is 41.7 Å². The Morgan fingerprint density at radius 1 is 0.721 bits per heavy atom. The quantitative estimate of drug-likeness (QED) is 0.0547. The molecule has 374 valence electrons. The molecule has 0 fully saturated rings. The van der Waals surface area contributed by atoms with Crippen LogP contribution in [0.4, 0.5) is 17.5 Å². The normalized spacial score (nSPS) is 13.5. The average Bonchev–Trinajstić information content (AvgIpc) is 3.25. The van der Waals surface area contributed by atoms with Gasteiger partial charge in [-0.25, -0.2) is 14.8 Å². The topological polar surface area (TPSA) is 320 Å². The third kappa shape index (κ3) is 17.6. The van der Waals surface area contributed by atoms with Crippen LogP contribution in [0.3, 0.4) is 0 Å². The van der Waals surface area contributed by atoms with E-state index >= 15 is 0 Å². The van der Waals surface area contributed by atoms with Crippen LogP contribution in [0.2, 0.25) is 0 Å². The number of benzene rings is 1. The number of nitrogens with one attached hydrogen (secondary N) is 1. The number of nitrogens with two attached hydrogens (primary N) is 2. The van der Waals surface area contributed by atoms with Gasteiger partial charge in [-0.1, -0.05) is 0 Å². The van der Waals surface area contributed by atoms with Gasteiger partial charge in [0, 0.05) is 44.2 Å². The molecule has 5 N–H and O–H groups in total. The molecule has 3 rings (SSSR count). The zero-order valence-electron chi connectivity index (χ0n) is 40.4. The van der Waals surface area contributed by atoms with Crippen LogP contribution in [-0.2, 0) is 72.8 Å². The van der Waals surface area contributed by atoms with E-state index in [1.165, 1.54) is 18.3 Å². The summed E-state index contributed by atoms with van der Waals surface area (Å²) in [7, 11) is -1.05. The first-order chi connectivity index (χ1) is 31.5. The van der Waals surface area contributed by atoms with E-state index in [9.17, 15) is 38.1 Å². The summed E-state index contributed by atoms with van der Waals surface area (Å²) in [5.41, 5.74) is 10.8. The molecular formula is C44H63N8O15P. The number of hydrogen-bond donors (Lipinski definition) is 3. The molecule has 0 aliphatic rings. The van der Waals surface area contributed by atoms with E-state index < -0.39 is 116 Å². The highest BCUT2D eigenvalue weighted by molar-refractivity contribution is 7.59. The Hall–Kier alpha value is -6.48. The molecule has 23 nitrogen and oxygen atoms in total. The van der Waals surface area contributed by atoms with Crippen molar-refractivity contribution in [2.45, 2.75) is 94.2 Å². The number of esters is 6. The van der Waals surface area contributed by atoms with Gasteiger partial charge < -0.3 is 54.6 Å². The van der Waals surface area contributed by atoms with Gasteiger partial charge in [0.2, 0.25) is 33.7 Å². The fourth-order valence-corrected chi connectivity index (χ4v) is 7.79. The number of carbonyl (C=O) groups is 7. The number of hydrogen-bond acceptors (Lipinski definition) is 22. The van der Waals surface area contributed by atoms with E-state index in [2.05, 4.69) is 25.3 Å². The monoisotopic (exact) mass is 974 g/mol. The molecule has 24 heteroatoms. The van der Waals surface area contributed by atoms with Crippen LogP contribution in [0.1, 0.15) is 97.6 Å². The number of amides is 1. The lowest BCUT2D eigenvalue weighted by Crippen LogP contribution is -2.43. The van der Waals surface area contributed by atoms with E-state index in [1.807, 2.05) is 4.90 Å². The average molecular weight is 975 g/mol. The number of aromatic nitrogens is 4. The third-order valence-electron chi connectivity index (χ3n) is 9.71. The minimum Gasteiger partial charge on any atom is -0.428 e. The van der Waals surface area contributed by atoms with Crippen molar-refractivity contribution in [3.63, 3.8) is 0 Å². The number of rotatable bonds is 22. The molecular weight excluding hydrogens is 911 g/mol. The Kier molecular flexibility index (Phi) is 19.7. The van der Waals surface area contributed by atoms with Gasteiger partial charge in [-0.05, 0) is 99.4 Å². The summed E-state index contributed by atoms with van der Waals surface area (Å²) in [6.45, 7) is 12.4. The third-order valence-corrected chi connectivity index (χ3v) is 12.3. The van der Waals surface area contributed by atoms with Crippen molar-refractivity contribution in [1.82, 2.24) is 25.3 Å². The lowest BCUT2D eigenvalue weighted by Gasteiger charge is -2.24. The van der Waals surface area contributed by atoms with Gasteiger partial charge in [-0.15, -0.1) is 0 Å². The van der Waals surface area contributed by atoms with Gasteiger partial charge in [0.1, 0.15) is 6.04 Å². The lowest BCUT2D eigenvalue weighted by molar-refractivity contribution is -0.176. The van der Waals surface area contributed by atoms with Gasteiger partial charge >= 0.3 is 35.8 Å². The minimum absolute atomic E-state index is 0.0333. The molecule has 2 unspecified atom stereocenters. The molecule has 0 radical (unpaired) electrons. The SMILES string of the molecule is COP(=O)(CC[C@H](NC(=O)c1ccc(N(C)Cc2cnc3nc(N)nc(N)c3n2)cc1)C(=O)OCOC(=O)C(C)(C)C)CC(CCC(=O)OCOC(=O)C(C)(C)C)C(=O)OCOC(=O)C(C)(C)C. The van der Waals surface area contributed by atoms with Crippen LogP contribution in [0.15, 0.2) is 30.5 Å². The molecule has 0 spiro atoms. The first-order valence-corrected chi connectivity index (χ1v) is 23.3. The highest BCUT2D eigenvalue weighted by Crippen LogP contribution is 2.49. The van der Waals surface area contributed by atoms with Crippen molar-refractivity contribution in [2.24, 2.45) is 22.2 Å². The Labute approximate surface area is 394 Å². The van der Waals surface area contributed by atoms with E-state index in [1.54, 1.807) is 81.5 Å². The Morgan fingerprint density at radius 2 is 1.25 bits per heavy atom. The van der Waals surface area contributed by atoms with E-state index in [0.717, 1.165) is 7.11 Å². The van der Waals surface area contributed by atoms with Crippen LogP contribution >= 0.6 is 7.37 Å². The fraction of sp³-hybridized carbons (Fsp3) is 0.568. The zero-order valence-corrected chi connectivity index (χ0v) is 41.3. The summed E-state index contributed by atoms with van der Waals surface area (Å²) in [5, 5.41) is 2.58. The fourth-order valence-electron chi connectivity index (χ4n) is 5.62. The van der Waals surface area contributed by atoms with Crippen LogP contribution in [0, 0.1) is 22.2 Å². The van der Waals surface area contributed by atoms with Crippen LogP contribution in [0.5, 0.6) is 0 Å². The second-order valence-electron chi connectivity index (χ2n) is 18.7. The number of nitrogens with zero attached hydrogens (tertiary/aromatic N) is 5. The van der Waals surface area contributed by atoms with E-state index in [0.29, 0.717) is 11.4 Å². The maximum Gasteiger partial charge on any atom is 0.331 e.